The van der Waals surface area contributed by atoms with Gasteiger partial charge in [0.1, 0.15) is 0 Å². The van der Waals surface area contributed by atoms with Crippen LogP contribution >= 0.6 is 0 Å². The van der Waals surface area contributed by atoms with Crippen molar-refractivity contribution in [2.75, 3.05) is 0 Å². The molecule has 2 aromatic carbocycles. The second kappa shape index (κ2) is 8.25. The predicted octanol–water partition coefficient (Wildman–Crippen LogP) is 4.28. The minimum Gasteiger partial charge on any atom is -0.350 e. The number of hydrogen-bond donors (Lipinski definition) is 1. The fourth-order valence-corrected chi connectivity index (χ4v) is 2.40. The zero-order valence-electron chi connectivity index (χ0n) is 12.6. The minimum atomic E-state index is 0.0767. The lowest BCUT2D eigenvalue weighted by Gasteiger charge is -2.14. The van der Waals surface area contributed by atoms with Gasteiger partial charge >= 0.3 is 0 Å². The second-order valence-electron chi connectivity index (χ2n) is 5.39. The van der Waals surface area contributed by atoms with Crippen molar-refractivity contribution in [1.82, 2.24) is 5.32 Å². The zero-order valence-corrected chi connectivity index (χ0v) is 12.6. The molecule has 2 heteroatoms. The van der Waals surface area contributed by atoms with Gasteiger partial charge in [-0.05, 0) is 37.3 Å². The van der Waals surface area contributed by atoms with E-state index in [0.717, 1.165) is 24.8 Å². The van der Waals surface area contributed by atoms with Crippen molar-refractivity contribution in [3.8, 4) is 0 Å². The van der Waals surface area contributed by atoms with Gasteiger partial charge in [0.15, 0.2) is 0 Å². The van der Waals surface area contributed by atoms with Crippen LogP contribution in [0.1, 0.15) is 43.4 Å². The van der Waals surface area contributed by atoms with Crippen LogP contribution in [0, 0.1) is 0 Å². The lowest BCUT2D eigenvalue weighted by atomic mass is 10.1. The molecule has 0 heterocycles. The highest BCUT2D eigenvalue weighted by molar-refractivity contribution is 5.76. The van der Waals surface area contributed by atoms with Crippen molar-refractivity contribution in [3.05, 3.63) is 71.8 Å². The molecule has 1 amide bonds. The summed E-state index contributed by atoms with van der Waals surface area (Å²) < 4.78 is 0. The molecule has 110 valence electrons. The Balaban J connectivity index is 1.66. The third-order valence-corrected chi connectivity index (χ3v) is 3.64. The van der Waals surface area contributed by atoms with Crippen molar-refractivity contribution in [2.45, 2.75) is 38.6 Å². The van der Waals surface area contributed by atoms with Gasteiger partial charge in [-0.25, -0.2) is 0 Å². The van der Waals surface area contributed by atoms with Crippen LogP contribution < -0.4 is 5.32 Å². The number of amides is 1. The Morgan fingerprint density at radius 2 is 1.57 bits per heavy atom. The average molecular weight is 281 g/mol. The summed E-state index contributed by atoms with van der Waals surface area (Å²) in [7, 11) is 0. The molecule has 1 unspecified atom stereocenters. The van der Waals surface area contributed by atoms with E-state index in [4.69, 9.17) is 0 Å². The topological polar surface area (TPSA) is 29.1 Å². The largest absolute Gasteiger partial charge is 0.350 e. The Morgan fingerprint density at radius 3 is 2.24 bits per heavy atom. The summed E-state index contributed by atoms with van der Waals surface area (Å²) in [6, 6.07) is 20.6. The van der Waals surface area contributed by atoms with E-state index in [-0.39, 0.29) is 11.9 Å². The summed E-state index contributed by atoms with van der Waals surface area (Å²) >= 11 is 0. The van der Waals surface area contributed by atoms with Crippen LogP contribution in [0.2, 0.25) is 0 Å². The number of benzene rings is 2. The first kappa shape index (κ1) is 15.3. The lowest BCUT2D eigenvalue weighted by Crippen LogP contribution is -2.26. The first-order valence-electron chi connectivity index (χ1n) is 7.64. The van der Waals surface area contributed by atoms with Gasteiger partial charge in [-0.15, -0.1) is 0 Å². The average Bonchev–Trinajstić information content (AvgIpc) is 2.53. The molecule has 0 aliphatic carbocycles. The summed E-state index contributed by atoms with van der Waals surface area (Å²) in [5, 5.41) is 3.06. The molecule has 0 spiro atoms. The van der Waals surface area contributed by atoms with Crippen LogP contribution in [0.4, 0.5) is 0 Å². The molecular formula is C19H23NO. The van der Waals surface area contributed by atoms with Crippen molar-refractivity contribution >= 4 is 5.91 Å². The van der Waals surface area contributed by atoms with Gasteiger partial charge in [-0.3, -0.25) is 4.79 Å². The Labute approximate surface area is 127 Å². The molecule has 0 saturated carbocycles. The van der Waals surface area contributed by atoms with Crippen molar-refractivity contribution in [3.63, 3.8) is 0 Å². The molecule has 1 N–H and O–H groups in total. The highest BCUT2D eigenvalue weighted by atomic mass is 16.1. The van der Waals surface area contributed by atoms with Crippen LogP contribution in [0.3, 0.4) is 0 Å². The molecule has 0 bridgehead atoms. The molecule has 2 aromatic rings. The van der Waals surface area contributed by atoms with E-state index in [0.29, 0.717) is 6.42 Å². The molecule has 0 aliphatic rings. The minimum absolute atomic E-state index is 0.0767. The summed E-state index contributed by atoms with van der Waals surface area (Å²) in [6.07, 6.45) is 3.63. The lowest BCUT2D eigenvalue weighted by molar-refractivity contribution is -0.121. The fraction of sp³-hybridized carbons (Fsp3) is 0.316. The predicted molar refractivity (Wildman–Crippen MR) is 87.0 cm³/mol. The van der Waals surface area contributed by atoms with E-state index in [2.05, 4.69) is 29.6 Å². The zero-order chi connectivity index (χ0) is 14.9. The van der Waals surface area contributed by atoms with Crippen LogP contribution in [-0.4, -0.2) is 5.91 Å². The Hall–Kier alpha value is -2.09. The molecule has 0 aliphatic heterocycles. The third kappa shape index (κ3) is 5.42. The van der Waals surface area contributed by atoms with E-state index < -0.39 is 0 Å². The van der Waals surface area contributed by atoms with Crippen LogP contribution in [0.5, 0.6) is 0 Å². The number of hydrogen-bond acceptors (Lipinski definition) is 1. The summed E-state index contributed by atoms with van der Waals surface area (Å²) in [5.41, 5.74) is 2.49. The maximum atomic E-state index is 11.9. The molecule has 2 nitrogen and oxygen atoms in total. The van der Waals surface area contributed by atoms with E-state index in [1.807, 2.05) is 43.3 Å². The smallest absolute Gasteiger partial charge is 0.220 e. The third-order valence-electron chi connectivity index (χ3n) is 3.64. The van der Waals surface area contributed by atoms with Crippen molar-refractivity contribution < 1.29 is 4.79 Å². The highest BCUT2D eigenvalue weighted by Crippen LogP contribution is 2.12. The maximum absolute atomic E-state index is 11.9. The number of rotatable bonds is 7. The molecule has 2 rings (SSSR count). The summed E-state index contributed by atoms with van der Waals surface area (Å²) in [6.45, 7) is 2.03. The second-order valence-corrected chi connectivity index (χ2v) is 5.39. The van der Waals surface area contributed by atoms with E-state index >= 15 is 0 Å². The van der Waals surface area contributed by atoms with Crippen molar-refractivity contribution in [2.24, 2.45) is 0 Å². The normalized spacial score (nSPS) is 11.9. The first-order chi connectivity index (χ1) is 10.3. The van der Waals surface area contributed by atoms with Crippen LogP contribution in [0.15, 0.2) is 60.7 Å². The molecular weight excluding hydrogens is 258 g/mol. The number of carbonyl (C=O) groups is 1. The van der Waals surface area contributed by atoms with Gasteiger partial charge in [-0.2, -0.15) is 0 Å². The van der Waals surface area contributed by atoms with Gasteiger partial charge in [0.05, 0.1) is 6.04 Å². The van der Waals surface area contributed by atoms with E-state index in [9.17, 15) is 4.79 Å². The van der Waals surface area contributed by atoms with Crippen LogP contribution in [-0.2, 0) is 11.2 Å². The number of unbranched alkanes of at least 4 members (excludes halogenated alkanes) is 1. The monoisotopic (exact) mass is 281 g/mol. The van der Waals surface area contributed by atoms with Gasteiger partial charge in [0.25, 0.3) is 0 Å². The molecule has 1 atom stereocenters. The number of aryl methyl sites for hydroxylation is 1. The highest BCUT2D eigenvalue weighted by Gasteiger charge is 2.08. The maximum Gasteiger partial charge on any atom is 0.220 e. The molecule has 0 saturated heterocycles. The molecule has 0 radical (unpaired) electrons. The molecule has 0 fully saturated rings. The van der Waals surface area contributed by atoms with Gasteiger partial charge in [0.2, 0.25) is 5.91 Å². The standard InChI is InChI=1S/C19H23NO/c1-16(18-13-6-3-7-14-18)20-19(21)15-9-8-12-17-10-4-2-5-11-17/h2-7,10-11,13-14,16H,8-9,12,15H2,1H3,(H,20,21). The molecule has 21 heavy (non-hydrogen) atoms. The van der Waals surface area contributed by atoms with Crippen molar-refractivity contribution in [1.29, 1.82) is 0 Å². The van der Waals surface area contributed by atoms with Crippen LogP contribution in [0.25, 0.3) is 0 Å². The summed E-state index contributed by atoms with van der Waals surface area (Å²) in [5.74, 6) is 0.138. The van der Waals surface area contributed by atoms with E-state index in [1.54, 1.807) is 0 Å². The SMILES string of the molecule is CC(NC(=O)CCCCc1ccccc1)c1ccccc1. The van der Waals surface area contributed by atoms with E-state index in [1.165, 1.54) is 5.56 Å². The van der Waals surface area contributed by atoms with Gasteiger partial charge in [-0.1, -0.05) is 60.7 Å². The van der Waals surface area contributed by atoms with Gasteiger partial charge < -0.3 is 5.32 Å². The molecule has 0 aromatic heterocycles. The quantitative estimate of drug-likeness (QED) is 0.754. The number of nitrogens with one attached hydrogen (secondary N) is 1. The number of carbonyl (C=O) groups excluding carboxylic acids is 1. The first-order valence-corrected chi connectivity index (χ1v) is 7.64. The Kier molecular flexibility index (Phi) is 6.01. The Morgan fingerprint density at radius 1 is 0.952 bits per heavy atom. The Bertz CT molecular complexity index is 536. The van der Waals surface area contributed by atoms with Gasteiger partial charge in [0, 0.05) is 6.42 Å². The summed E-state index contributed by atoms with van der Waals surface area (Å²) in [4.78, 5) is 11.9. The fourth-order valence-electron chi connectivity index (χ4n) is 2.40.